The fourth-order valence-electron chi connectivity index (χ4n) is 1.85. The zero-order valence-corrected chi connectivity index (χ0v) is 9.39. The average molecular weight is 220 g/mol. The average Bonchev–Trinajstić information content (AvgIpc) is 3.09. The highest BCUT2D eigenvalue weighted by Crippen LogP contribution is 2.41. The fraction of sp³-hybridized carbons (Fsp3) is 0.462. The summed E-state index contributed by atoms with van der Waals surface area (Å²) in [5.41, 5.74) is 1.23. The number of carbonyl (C=O) groups is 1. The molecular weight excluding hydrogens is 204 g/mol. The van der Waals surface area contributed by atoms with Crippen LogP contribution in [0.1, 0.15) is 30.9 Å². The molecule has 1 aromatic carbocycles. The van der Waals surface area contributed by atoms with Crippen LogP contribution in [0.4, 0.5) is 0 Å². The summed E-state index contributed by atoms with van der Waals surface area (Å²) in [6.45, 7) is 0. The van der Waals surface area contributed by atoms with Crippen LogP contribution in [0.3, 0.4) is 0 Å². The topological polar surface area (TPSA) is 38.8 Å². The molecular formula is C13H16O3. The molecule has 0 N–H and O–H groups in total. The lowest BCUT2D eigenvalue weighted by Crippen LogP contribution is -2.00. The van der Waals surface area contributed by atoms with Gasteiger partial charge in [-0.2, -0.15) is 0 Å². The molecule has 1 heterocycles. The first-order valence-electron chi connectivity index (χ1n) is 5.58. The third-order valence-corrected chi connectivity index (χ3v) is 2.81. The van der Waals surface area contributed by atoms with E-state index in [1.165, 1.54) is 12.7 Å². The van der Waals surface area contributed by atoms with Crippen molar-refractivity contribution in [3.8, 4) is 0 Å². The van der Waals surface area contributed by atoms with Crippen molar-refractivity contribution in [2.24, 2.45) is 0 Å². The number of hydrogen-bond donors (Lipinski definition) is 0. The van der Waals surface area contributed by atoms with Gasteiger partial charge in [0.2, 0.25) is 0 Å². The van der Waals surface area contributed by atoms with Gasteiger partial charge in [0.1, 0.15) is 6.10 Å². The first-order valence-corrected chi connectivity index (χ1v) is 5.58. The zero-order valence-electron chi connectivity index (χ0n) is 9.39. The van der Waals surface area contributed by atoms with Crippen LogP contribution in [-0.2, 0) is 14.3 Å². The molecule has 0 aromatic heterocycles. The molecule has 0 saturated carbocycles. The first kappa shape index (κ1) is 11.1. The minimum Gasteiger partial charge on any atom is -0.469 e. The minimum absolute atomic E-state index is 0.142. The second-order valence-electron chi connectivity index (χ2n) is 3.97. The third-order valence-electron chi connectivity index (χ3n) is 2.81. The summed E-state index contributed by atoms with van der Waals surface area (Å²) in [6.07, 6.45) is 2.76. The Hall–Kier alpha value is -1.35. The number of hydrogen-bond acceptors (Lipinski definition) is 3. The molecule has 0 spiro atoms. The maximum Gasteiger partial charge on any atom is 0.305 e. The van der Waals surface area contributed by atoms with Crippen LogP contribution in [0.25, 0.3) is 0 Å². The van der Waals surface area contributed by atoms with Crippen molar-refractivity contribution in [1.82, 2.24) is 0 Å². The number of methoxy groups -OCH3 is 1. The van der Waals surface area contributed by atoms with E-state index in [4.69, 9.17) is 4.74 Å². The highest BCUT2D eigenvalue weighted by Gasteiger charge is 2.39. The van der Waals surface area contributed by atoms with Crippen LogP contribution in [-0.4, -0.2) is 19.2 Å². The monoisotopic (exact) mass is 220 g/mol. The van der Waals surface area contributed by atoms with Gasteiger partial charge in [0, 0.05) is 6.42 Å². The van der Waals surface area contributed by atoms with Gasteiger partial charge in [0.25, 0.3) is 0 Å². The molecule has 1 saturated heterocycles. The Morgan fingerprint density at radius 1 is 1.38 bits per heavy atom. The maximum atomic E-state index is 10.9. The largest absolute Gasteiger partial charge is 0.469 e. The number of ether oxygens (including phenoxy) is 2. The van der Waals surface area contributed by atoms with Crippen molar-refractivity contribution in [2.75, 3.05) is 7.11 Å². The summed E-state index contributed by atoms with van der Waals surface area (Å²) >= 11 is 0. The Bertz CT molecular complexity index is 347. The van der Waals surface area contributed by atoms with E-state index < -0.39 is 0 Å². The lowest BCUT2D eigenvalue weighted by Gasteiger charge is -1.97. The molecule has 2 atom stereocenters. The molecule has 0 amide bonds. The quantitative estimate of drug-likeness (QED) is 0.565. The van der Waals surface area contributed by atoms with Gasteiger partial charge in [-0.25, -0.2) is 0 Å². The molecule has 86 valence electrons. The summed E-state index contributed by atoms with van der Waals surface area (Å²) in [5, 5.41) is 0. The number of epoxide rings is 1. The number of esters is 1. The van der Waals surface area contributed by atoms with Crippen LogP contribution in [0.2, 0.25) is 0 Å². The SMILES string of the molecule is COC(=O)CCCC1OC1c1ccccc1. The van der Waals surface area contributed by atoms with Crippen molar-refractivity contribution in [3.63, 3.8) is 0 Å². The van der Waals surface area contributed by atoms with Gasteiger partial charge >= 0.3 is 5.97 Å². The highest BCUT2D eigenvalue weighted by molar-refractivity contribution is 5.68. The Kier molecular flexibility index (Phi) is 3.57. The molecule has 1 fully saturated rings. The predicted octanol–water partition coefficient (Wildman–Crippen LogP) is 2.47. The molecule has 3 heteroatoms. The van der Waals surface area contributed by atoms with Gasteiger partial charge in [0.15, 0.2) is 0 Å². The summed E-state index contributed by atoms with van der Waals surface area (Å²) in [5.74, 6) is -0.142. The Labute approximate surface area is 95.4 Å². The maximum absolute atomic E-state index is 10.9. The summed E-state index contributed by atoms with van der Waals surface area (Å²) in [6, 6.07) is 10.2. The van der Waals surface area contributed by atoms with Crippen LogP contribution >= 0.6 is 0 Å². The zero-order chi connectivity index (χ0) is 11.4. The fourth-order valence-corrected chi connectivity index (χ4v) is 1.85. The van der Waals surface area contributed by atoms with Gasteiger partial charge in [-0.1, -0.05) is 30.3 Å². The lowest BCUT2D eigenvalue weighted by molar-refractivity contribution is -0.140. The second kappa shape index (κ2) is 5.12. The number of rotatable bonds is 5. The third kappa shape index (κ3) is 2.83. The van der Waals surface area contributed by atoms with Crippen LogP contribution in [0, 0.1) is 0 Å². The molecule has 1 aliphatic heterocycles. The van der Waals surface area contributed by atoms with Crippen LogP contribution < -0.4 is 0 Å². The number of carbonyl (C=O) groups excluding carboxylic acids is 1. The standard InChI is InChI=1S/C13H16O3/c1-15-12(14)9-5-8-11-13(16-11)10-6-3-2-4-7-10/h2-4,6-7,11,13H,5,8-9H2,1H3. The Morgan fingerprint density at radius 2 is 2.12 bits per heavy atom. The van der Waals surface area contributed by atoms with E-state index in [0.29, 0.717) is 6.42 Å². The van der Waals surface area contributed by atoms with Crippen molar-refractivity contribution < 1.29 is 14.3 Å². The lowest BCUT2D eigenvalue weighted by atomic mass is 10.1. The van der Waals surface area contributed by atoms with E-state index in [0.717, 1.165) is 12.8 Å². The molecule has 2 unspecified atom stereocenters. The van der Waals surface area contributed by atoms with Crippen molar-refractivity contribution in [2.45, 2.75) is 31.5 Å². The highest BCUT2D eigenvalue weighted by atomic mass is 16.6. The summed E-state index contributed by atoms with van der Waals surface area (Å²) in [4.78, 5) is 10.9. The van der Waals surface area contributed by atoms with Gasteiger partial charge < -0.3 is 9.47 Å². The van der Waals surface area contributed by atoms with E-state index >= 15 is 0 Å². The van der Waals surface area contributed by atoms with Gasteiger partial charge in [-0.3, -0.25) is 4.79 Å². The summed E-state index contributed by atoms with van der Waals surface area (Å²) < 4.78 is 10.2. The summed E-state index contributed by atoms with van der Waals surface area (Å²) in [7, 11) is 1.42. The molecule has 1 aliphatic rings. The van der Waals surface area contributed by atoms with Gasteiger partial charge in [-0.05, 0) is 18.4 Å². The van der Waals surface area contributed by atoms with Crippen LogP contribution in [0.15, 0.2) is 30.3 Å². The Morgan fingerprint density at radius 3 is 2.81 bits per heavy atom. The van der Waals surface area contributed by atoms with Crippen molar-refractivity contribution >= 4 is 5.97 Å². The molecule has 0 aliphatic carbocycles. The Balaban J connectivity index is 1.70. The minimum atomic E-state index is -0.142. The van der Waals surface area contributed by atoms with Gasteiger partial charge in [-0.15, -0.1) is 0 Å². The van der Waals surface area contributed by atoms with Gasteiger partial charge in [0.05, 0.1) is 13.2 Å². The predicted molar refractivity (Wildman–Crippen MR) is 59.9 cm³/mol. The molecule has 0 radical (unpaired) electrons. The molecule has 16 heavy (non-hydrogen) atoms. The van der Waals surface area contributed by atoms with Crippen molar-refractivity contribution in [3.05, 3.63) is 35.9 Å². The molecule has 0 bridgehead atoms. The molecule has 3 nitrogen and oxygen atoms in total. The van der Waals surface area contributed by atoms with E-state index in [-0.39, 0.29) is 18.2 Å². The number of benzene rings is 1. The van der Waals surface area contributed by atoms with E-state index in [9.17, 15) is 4.79 Å². The van der Waals surface area contributed by atoms with Crippen molar-refractivity contribution in [1.29, 1.82) is 0 Å². The smallest absolute Gasteiger partial charge is 0.305 e. The first-order chi connectivity index (χ1) is 7.81. The van der Waals surface area contributed by atoms with E-state index in [2.05, 4.69) is 16.9 Å². The van der Waals surface area contributed by atoms with Crippen LogP contribution in [0.5, 0.6) is 0 Å². The molecule has 1 aromatic rings. The normalized spacial score (nSPS) is 22.8. The molecule has 2 rings (SSSR count). The second-order valence-corrected chi connectivity index (χ2v) is 3.97. The van der Waals surface area contributed by atoms with E-state index in [1.54, 1.807) is 0 Å². The van der Waals surface area contributed by atoms with E-state index in [1.807, 2.05) is 18.2 Å².